The van der Waals surface area contributed by atoms with Gasteiger partial charge in [0.25, 0.3) is 0 Å². The van der Waals surface area contributed by atoms with Gasteiger partial charge in [0.05, 0.1) is 18.4 Å². The van der Waals surface area contributed by atoms with Crippen molar-refractivity contribution in [2.24, 2.45) is 0 Å². The smallest absolute Gasteiger partial charge is 0.199 e. The Labute approximate surface area is 109 Å². The lowest BCUT2D eigenvalue weighted by Gasteiger charge is -2.14. The van der Waals surface area contributed by atoms with Crippen molar-refractivity contribution in [2.45, 2.75) is 26.8 Å². The highest BCUT2D eigenvalue weighted by molar-refractivity contribution is 5.45. The van der Waals surface area contributed by atoms with Crippen molar-refractivity contribution in [3.63, 3.8) is 0 Å². The molecule has 7 nitrogen and oxygen atoms in total. The number of aromatic nitrogens is 5. The van der Waals surface area contributed by atoms with Gasteiger partial charge >= 0.3 is 0 Å². The molecule has 7 heteroatoms. The van der Waals surface area contributed by atoms with Crippen LogP contribution in [0.15, 0.2) is 22.9 Å². The van der Waals surface area contributed by atoms with Crippen LogP contribution in [0.3, 0.4) is 0 Å². The molecule has 0 saturated carbocycles. The molecule has 3 aromatic rings. The van der Waals surface area contributed by atoms with Crippen LogP contribution in [0.25, 0.3) is 5.65 Å². The lowest BCUT2D eigenvalue weighted by molar-refractivity contribution is 0.499. The minimum Gasteiger partial charge on any atom is -0.466 e. The molecular formula is C12H14N6O. The molecule has 3 aromatic heterocycles. The third-order valence-electron chi connectivity index (χ3n) is 3.02. The van der Waals surface area contributed by atoms with Gasteiger partial charge in [-0.2, -0.15) is 4.52 Å². The van der Waals surface area contributed by atoms with Gasteiger partial charge in [0.15, 0.2) is 11.5 Å². The molecule has 0 fully saturated rings. The number of nitrogens with zero attached hydrogens (tertiary/aromatic N) is 5. The summed E-state index contributed by atoms with van der Waals surface area (Å²) in [4.78, 5) is 4.11. The van der Waals surface area contributed by atoms with Crippen molar-refractivity contribution >= 4 is 11.5 Å². The molecule has 0 saturated heterocycles. The van der Waals surface area contributed by atoms with E-state index >= 15 is 0 Å². The van der Waals surface area contributed by atoms with Gasteiger partial charge in [-0.25, -0.2) is 0 Å². The van der Waals surface area contributed by atoms with Gasteiger partial charge in [-0.15, -0.1) is 5.10 Å². The van der Waals surface area contributed by atoms with Crippen molar-refractivity contribution in [1.82, 2.24) is 25.0 Å². The maximum absolute atomic E-state index is 5.54. The van der Waals surface area contributed by atoms with E-state index in [9.17, 15) is 0 Å². The summed E-state index contributed by atoms with van der Waals surface area (Å²) in [7, 11) is 0. The fourth-order valence-corrected chi connectivity index (χ4v) is 2.15. The van der Waals surface area contributed by atoms with E-state index in [0.29, 0.717) is 5.65 Å². The van der Waals surface area contributed by atoms with Crippen molar-refractivity contribution in [3.05, 3.63) is 35.5 Å². The van der Waals surface area contributed by atoms with E-state index in [0.717, 1.165) is 22.9 Å². The van der Waals surface area contributed by atoms with Crippen LogP contribution in [-0.4, -0.2) is 25.0 Å². The number of tetrazole rings is 1. The first-order chi connectivity index (χ1) is 9.15. The predicted molar refractivity (Wildman–Crippen MR) is 68.8 cm³/mol. The molecule has 0 amide bonds. The minimum atomic E-state index is 0.0778. The van der Waals surface area contributed by atoms with Gasteiger partial charge in [-0.05, 0) is 37.3 Å². The standard InChI is InChI=1S/C12H14N6O/c1-7-4-10(9(3)19-7)8(2)14-11-5-13-6-12-15-16-17-18(11)12/h4-6,8,14H,1-3H3. The number of hydrogen-bond acceptors (Lipinski definition) is 6. The maximum atomic E-state index is 5.54. The first-order valence-electron chi connectivity index (χ1n) is 6.00. The van der Waals surface area contributed by atoms with Crippen LogP contribution in [-0.2, 0) is 0 Å². The second-order valence-electron chi connectivity index (χ2n) is 4.48. The van der Waals surface area contributed by atoms with Gasteiger partial charge in [-0.1, -0.05) is 0 Å². The topological polar surface area (TPSA) is 81.1 Å². The summed E-state index contributed by atoms with van der Waals surface area (Å²) in [6.07, 6.45) is 3.31. The third-order valence-corrected chi connectivity index (χ3v) is 3.02. The molecule has 0 radical (unpaired) electrons. The van der Waals surface area contributed by atoms with Gasteiger partial charge in [0.1, 0.15) is 11.5 Å². The minimum absolute atomic E-state index is 0.0778. The lowest BCUT2D eigenvalue weighted by atomic mass is 10.1. The molecule has 0 aliphatic heterocycles. The lowest BCUT2D eigenvalue weighted by Crippen LogP contribution is -2.11. The molecule has 0 aliphatic carbocycles. The van der Waals surface area contributed by atoms with E-state index in [2.05, 4.69) is 32.7 Å². The summed E-state index contributed by atoms with van der Waals surface area (Å²) in [6, 6.07) is 2.11. The van der Waals surface area contributed by atoms with E-state index in [4.69, 9.17) is 4.42 Å². The van der Waals surface area contributed by atoms with Gasteiger partial charge in [-0.3, -0.25) is 4.98 Å². The van der Waals surface area contributed by atoms with Crippen molar-refractivity contribution in [1.29, 1.82) is 0 Å². The van der Waals surface area contributed by atoms with E-state index in [1.165, 1.54) is 0 Å². The number of hydrogen-bond donors (Lipinski definition) is 1. The third kappa shape index (κ3) is 2.03. The zero-order chi connectivity index (χ0) is 13.4. The van der Waals surface area contributed by atoms with Crippen LogP contribution in [0.2, 0.25) is 0 Å². The molecule has 0 bridgehead atoms. The largest absolute Gasteiger partial charge is 0.466 e. The highest BCUT2D eigenvalue weighted by Crippen LogP contribution is 2.24. The van der Waals surface area contributed by atoms with E-state index in [1.54, 1.807) is 16.9 Å². The number of anilines is 1. The molecule has 19 heavy (non-hydrogen) atoms. The molecule has 0 aromatic carbocycles. The molecule has 1 unspecified atom stereocenters. The summed E-state index contributed by atoms with van der Waals surface area (Å²) < 4.78 is 7.16. The van der Waals surface area contributed by atoms with Crippen LogP contribution in [0.1, 0.15) is 30.0 Å². The summed E-state index contributed by atoms with van der Waals surface area (Å²) in [5, 5.41) is 14.8. The number of nitrogens with one attached hydrogen (secondary N) is 1. The first-order valence-corrected chi connectivity index (χ1v) is 6.00. The molecular weight excluding hydrogens is 244 g/mol. The van der Waals surface area contributed by atoms with Gasteiger partial charge in [0.2, 0.25) is 0 Å². The molecule has 0 spiro atoms. The molecule has 1 N–H and O–H groups in total. The normalized spacial score (nSPS) is 12.8. The Morgan fingerprint density at radius 3 is 2.89 bits per heavy atom. The van der Waals surface area contributed by atoms with Crippen molar-refractivity contribution in [3.8, 4) is 0 Å². The quantitative estimate of drug-likeness (QED) is 0.772. The van der Waals surface area contributed by atoms with Crippen LogP contribution >= 0.6 is 0 Å². The van der Waals surface area contributed by atoms with E-state index < -0.39 is 0 Å². The highest BCUT2D eigenvalue weighted by atomic mass is 16.3. The Hall–Kier alpha value is -2.44. The van der Waals surface area contributed by atoms with E-state index in [-0.39, 0.29) is 6.04 Å². The average molecular weight is 258 g/mol. The van der Waals surface area contributed by atoms with Gasteiger partial charge < -0.3 is 9.73 Å². The Kier molecular flexibility index (Phi) is 2.66. The Morgan fingerprint density at radius 1 is 1.32 bits per heavy atom. The Bertz CT molecular complexity index is 716. The summed E-state index contributed by atoms with van der Waals surface area (Å²) in [5.74, 6) is 2.56. The van der Waals surface area contributed by atoms with Gasteiger partial charge in [0, 0.05) is 5.56 Å². The Morgan fingerprint density at radius 2 is 2.16 bits per heavy atom. The van der Waals surface area contributed by atoms with Crippen LogP contribution < -0.4 is 5.32 Å². The zero-order valence-corrected chi connectivity index (χ0v) is 11.0. The fourth-order valence-electron chi connectivity index (χ4n) is 2.15. The number of fused-ring (bicyclic) bond motifs is 1. The maximum Gasteiger partial charge on any atom is 0.199 e. The summed E-state index contributed by atoms with van der Waals surface area (Å²) >= 11 is 0. The molecule has 98 valence electrons. The average Bonchev–Trinajstić information content (AvgIpc) is 2.96. The summed E-state index contributed by atoms with van der Waals surface area (Å²) in [6.45, 7) is 5.95. The predicted octanol–water partition coefficient (Wildman–Crippen LogP) is 1.90. The van der Waals surface area contributed by atoms with Crippen molar-refractivity contribution < 1.29 is 4.42 Å². The van der Waals surface area contributed by atoms with E-state index in [1.807, 2.05) is 19.9 Å². The fraction of sp³-hybridized carbons (Fsp3) is 0.333. The first kappa shape index (κ1) is 11.6. The Balaban J connectivity index is 1.92. The summed E-state index contributed by atoms with van der Waals surface area (Å²) in [5.41, 5.74) is 1.72. The van der Waals surface area contributed by atoms with Crippen LogP contribution in [0.4, 0.5) is 5.82 Å². The molecule has 1 atom stereocenters. The highest BCUT2D eigenvalue weighted by Gasteiger charge is 2.14. The number of rotatable bonds is 3. The second-order valence-corrected chi connectivity index (χ2v) is 4.48. The molecule has 0 aliphatic rings. The molecule has 3 rings (SSSR count). The van der Waals surface area contributed by atoms with Crippen LogP contribution in [0, 0.1) is 13.8 Å². The van der Waals surface area contributed by atoms with Crippen LogP contribution in [0.5, 0.6) is 0 Å². The second kappa shape index (κ2) is 4.34. The monoisotopic (exact) mass is 258 g/mol. The molecule has 3 heterocycles. The zero-order valence-electron chi connectivity index (χ0n) is 11.0. The number of aryl methyl sites for hydroxylation is 2. The van der Waals surface area contributed by atoms with Crippen molar-refractivity contribution in [2.75, 3.05) is 5.32 Å². The number of furan rings is 1. The SMILES string of the molecule is Cc1cc(C(C)Nc2cncc3nnnn23)c(C)o1.